The fourth-order valence-electron chi connectivity index (χ4n) is 2.49. The van der Waals surface area contributed by atoms with E-state index in [0.717, 1.165) is 24.6 Å². The first kappa shape index (κ1) is 13.6. The third-order valence-electron chi connectivity index (χ3n) is 3.95. The lowest BCUT2D eigenvalue weighted by molar-refractivity contribution is 0.186. The highest BCUT2D eigenvalue weighted by Crippen LogP contribution is 2.23. The summed E-state index contributed by atoms with van der Waals surface area (Å²) in [4.78, 5) is 6.82. The van der Waals surface area contributed by atoms with E-state index in [9.17, 15) is 0 Å². The summed E-state index contributed by atoms with van der Waals surface area (Å²) in [6, 6.07) is 0. The molecule has 0 aliphatic carbocycles. The van der Waals surface area contributed by atoms with Gasteiger partial charge in [0.1, 0.15) is 5.76 Å². The Bertz CT molecular complexity index is 356. The van der Waals surface area contributed by atoms with E-state index in [1.165, 1.54) is 25.9 Å². The molecule has 1 aromatic rings. The largest absolute Gasteiger partial charge is 0.445 e. The Hall–Kier alpha value is -0.870. The number of likely N-dealkylation sites (tertiary alicyclic amines) is 1. The smallest absolute Gasteiger partial charge is 0.194 e. The maximum absolute atomic E-state index is 9.08. The van der Waals surface area contributed by atoms with Crippen LogP contribution in [-0.2, 0) is 6.42 Å². The Balaban J connectivity index is 1.85. The van der Waals surface area contributed by atoms with E-state index in [4.69, 9.17) is 9.52 Å². The summed E-state index contributed by atoms with van der Waals surface area (Å²) in [5, 5.41) is 9.08. The topological polar surface area (TPSA) is 49.5 Å². The number of nitrogens with zero attached hydrogens (tertiary/aromatic N) is 2. The Morgan fingerprint density at radius 3 is 2.83 bits per heavy atom. The molecule has 0 saturated carbocycles. The van der Waals surface area contributed by atoms with Gasteiger partial charge in [-0.05, 0) is 38.4 Å². The molecule has 1 N–H and O–H groups in total. The summed E-state index contributed by atoms with van der Waals surface area (Å²) in [5.41, 5.74) is 0. The van der Waals surface area contributed by atoms with Crippen LogP contribution in [0.1, 0.15) is 44.3 Å². The number of hydrogen-bond acceptors (Lipinski definition) is 4. The van der Waals surface area contributed by atoms with E-state index in [1.54, 1.807) is 6.20 Å². The van der Waals surface area contributed by atoms with Crippen LogP contribution in [0.15, 0.2) is 10.6 Å². The fraction of sp³-hybridized carbons (Fsp3) is 0.786. The molecule has 18 heavy (non-hydrogen) atoms. The second-order valence-corrected chi connectivity index (χ2v) is 5.32. The molecule has 102 valence electrons. The molecule has 2 heterocycles. The van der Waals surface area contributed by atoms with Crippen LogP contribution in [0.4, 0.5) is 0 Å². The summed E-state index contributed by atoms with van der Waals surface area (Å²) in [6.07, 6.45) is 5.18. The average Bonchev–Trinajstić information content (AvgIpc) is 2.87. The van der Waals surface area contributed by atoms with Gasteiger partial charge in [-0.1, -0.05) is 13.8 Å². The predicted molar refractivity (Wildman–Crippen MR) is 70.5 cm³/mol. The Labute approximate surface area is 109 Å². The molecule has 1 aliphatic rings. The highest BCUT2D eigenvalue weighted by atomic mass is 16.4. The Morgan fingerprint density at radius 2 is 2.22 bits per heavy atom. The normalized spacial score (nSPS) is 20.2. The Morgan fingerprint density at radius 1 is 1.50 bits per heavy atom. The monoisotopic (exact) mass is 252 g/mol. The van der Waals surface area contributed by atoms with Crippen molar-refractivity contribution in [1.29, 1.82) is 0 Å². The van der Waals surface area contributed by atoms with E-state index in [2.05, 4.69) is 16.8 Å². The first-order chi connectivity index (χ1) is 8.72. The minimum absolute atomic E-state index is 0.0492. The maximum atomic E-state index is 9.08. The summed E-state index contributed by atoms with van der Waals surface area (Å²) < 4.78 is 5.71. The number of aromatic nitrogens is 1. The first-order valence-corrected chi connectivity index (χ1v) is 7.00. The minimum atomic E-state index is 0.0492. The number of aliphatic hydroxyl groups excluding tert-OH is 1. The third kappa shape index (κ3) is 3.33. The molecule has 4 nitrogen and oxygen atoms in total. The second kappa shape index (κ2) is 6.34. The zero-order chi connectivity index (χ0) is 13.0. The zero-order valence-corrected chi connectivity index (χ0v) is 11.4. The minimum Gasteiger partial charge on any atom is -0.445 e. The maximum Gasteiger partial charge on any atom is 0.194 e. The Kier molecular flexibility index (Phi) is 4.78. The van der Waals surface area contributed by atoms with Gasteiger partial charge in [0.05, 0.1) is 12.8 Å². The molecular weight excluding hydrogens is 228 g/mol. The van der Waals surface area contributed by atoms with Gasteiger partial charge in [0.15, 0.2) is 5.89 Å². The van der Waals surface area contributed by atoms with E-state index < -0.39 is 0 Å². The molecule has 1 unspecified atom stereocenters. The van der Waals surface area contributed by atoms with Crippen molar-refractivity contribution in [2.24, 2.45) is 5.92 Å². The molecular formula is C14H24N2O2. The number of rotatable bonds is 5. The quantitative estimate of drug-likeness (QED) is 0.871. The lowest BCUT2D eigenvalue weighted by atomic mass is 9.93. The molecule has 0 bridgehead atoms. The van der Waals surface area contributed by atoms with Crippen LogP contribution in [0.25, 0.3) is 0 Å². The van der Waals surface area contributed by atoms with Gasteiger partial charge in [-0.15, -0.1) is 0 Å². The van der Waals surface area contributed by atoms with Gasteiger partial charge in [-0.25, -0.2) is 4.98 Å². The number of oxazole rings is 1. The van der Waals surface area contributed by atoms with Crippen LogP contribution in [-0.4, -0.2) is 41.2 Å². The molecule has 0 radical (unpaired) electrons. The standard InChI is InChI=1S/C14H24N2O2/c1-3-16-6-4-12(5-7-16)8-14-15-9-13(18-14)11(2)10-17/h9,11-12,17H,3-8,10H2,1-2H3. The number of aliphatic hydroxyl groups is 1. The van der Waals surface area contributed by atoms with E-state index in [1.807, 2.05) is 6.92 Å². The molecule has 2 rings (SSSR count). The summed E-state index contributed by atoms with van der Waals surface area (Å²) >= 11 is 0. The van der Waals surface area contributed by atoms with Gasteiger partial charge in [0, 0.05) is 12.3 Å². The molecule has 1 aliphatic heterocycles. The number of piperidine rings is 1. The predicted octanol–water partition coefficient (Wildman–Crippen LogP) is 2.04. The van der Waals surface area contributed by atoms with E-state index >= 15 is 0 Å². The first-order valence-electron chi connectivity index (χ1n) is 7.00. The van der Waals surface area contributed by atoms with Crippen molar-refractivity contribution in [2.45, 2.75) is 39.0 Å². The summed E-state index contributed by atoms with van der Waals surface area (Å²) in [7, 11) is 0. The van der Waals surface area contributed by atoms with Crippen molar-refractivity contribution in [1.82, 2.24) is 9.88 Å². The number of hydrogen-bond donors (Lipinski definition) is 1. The average molecular weight is 252 g/mol. The highest BCUT2D eigenvalue weighted by molar-refractivity contribution is 5.01. The molecule has 1 fully saturated rings. The van der Waals surface area contributed by atoms with Crippen LogP contribution in [0.3, 0.4) is 0 Å². The van der Waals surface area contributed by atoms with Crippen LogP contribution in [0.5, 0.6) is 0 Å². The van der Waals surface area contributed by atoms with Crippen molar-refractivity contribution in [3.05, 3.63) is 17.8 Å². The van der Waals surface area contributed by atoms with Gasteiger partial charge in [-0.3, -0.25) is 0 Å². The van der Waals surface area contributed by atoms with Crippen LogP contribution in [0.2, 0.25) is 0 Å². The van der Waals surface area contributed by atoms with E-state index in [-0.39, 0.29) is 12.5 Å². The molecule has 4 heteroatoms. The lowest BCUT2D eigenvalue weighted by Gasteiger charge is -2.30. The van der Waals surface area contributed by atoms with Gasteiger partial charge in [-0.2, -0.15) is 0 Å². The molecule has 0 aromatic carbocycles. The van der Waals surface area contributed by atoms with E-state index in [0.29, 0.717) is 5.92 Å². The van der Waals surface area contributed by atoms with Crippen molar-refractivity contribution in [2.75, 3.05) is 26.2 Å². The van der Waals surface area contributed by atoms with Crippen molar-refractivity contribution >= 4 is 0 Å². The van der Waals surface area contributed by atoms with Crippen LogP contribution < -0.4 is 0 Å². The zero-order valence-electron chi connectivity index (χ0n) is 11.4. The van der Waals surface area contributed by atoms with Gasteiger partial charge >= 0.3 is 0 Å². The van der Waals surface area contributed by atoms with Crippen molar-refractivity contribution in [3.63, 3.8) is 0 Å². The van der Waals surface area contributed by atoms with Gasteiger partial charge < -0.3 is 14.4 Å². The van der Waals surface area contributed by atoms with Crippen molar-refractivity contribution < 1.29 is 9.52 Å². The molecule has 1 saturated heterocycles. The van der Waals surface area contributed by atoms with Gasteiger partial charge in [0.2, 0.25) is 0 Å². The summed E-state index contributed by atoms with van der Waals surface area (Å²) in [5.74, 6) is 2.38. The van der Waals surface area contributed by atoms with Crippen molar-refractivity contribution in [3.8, 4) is 0 Å². The van der Waals surface area contributed by atoms with Crippen LogP contribution in [0, 0.1) is 5.92 Å². The second-order valence-electron chi connectivity index (χ2n) is 5.32. The molecule has 1 aromatic heterocycles. The SMILES string of the molecule is CCN1CCC(Cc2ncc(C(C)CO)o2)CC1. The molecule has 0 spiro atoms. The summed E-state index contributed by atoms with van der Waals surface area (Å²) in [6.45, 7) is 7.83. The lowest BCUT2D eigenvalue weighted by Crippen LogP contribution is -2.34. The van der Waals surface area contributed by atoms with Crippen LogP contribution >= 0.6 is 0 Å². The molecule has 1 atom stereocenters. The highest BCUT2D eigenvalue weighted by Gasteiger charge is 2.20. The fourth-order valence-corrected chi connectivity index (χ4v) is 2.49. The van der Waals surface area contributed by atoms with Gasteiger partial charge in [0.25, 0.3) is 0 Å². The third-order valence-corrected chi connectivity index (χ3v) is 3.95. The molecule has 0 amide bonds.